The van der Waals surface area contributed by atoms with Crippen LogP contribution < -0.4 is 16.6 Å². The van der Waals surface area contributed by atoms with Crippen LogP contribution >= 0.6 is 11.8 Å². The highest BCUT2D eigenvalue weighted by Gasteiger charge is 2.14. The van der Waals surface area contributed by atoms with Crippen LogP contribution in [-0.4, -0.2) is 21.2 Å². The van der Waals surface area contributed by atoms with E-state index in [1.54, 1.807) is 19.1 Å². The maximum atomic E-state index is 12.7. The van der Waals surface area contributed by atoms with E-state index in [1.807, 2.05) is 0 Å². The number of halogens is 2. The molecular formula is C18H15F2N3O3S. The molecule has 0 aliphatic heterocycles. The van der Waals surface area contributed by atoms with Crippen LogP contribution in [0.5, 0.6) is 0 Å². The second-order valence-corrected chi connectivity index (χ2v) is 6.60. The van der Waals surface area contributed by atoms with E-state index in [0.717, 1.165) is 4.57 Å². The number of hydrogen-bond acceptors (Lipinski definition) is 4. The lowest BCUT2D eigenvalue weighted by atomic mass is 10.1. The molecule has 6 nitrogen and oxygen atoms in total. The zero-order chi connectivity index (χ0) is 19.6. The van der Waals surface area contributed by atoms with Crippen LogP contribution in [-0.2, 0) is 6.54 Å². The van der Waals surface area contributed by atoms with Crippen LogP contribution in [0.4, 0.5) is 14.5 Å². The van der Waals surface area contributed by atoms with Crippen molar-refractivity contribution in [1.29, 1.82) is 0 Å². The van der Waals surface area contributed by atoms with E-state index in [0.29, 0.717) is 11.8 Å². The van der Waals surface area contributed by atoms with Crippen LogP contribution in [0.1, 0.15) is 17.3 Å². The van der Waals surface area contributed by atoms with Gasteiger partial charge in [-0.05, 0) is 37.3 Å². The summed E-state index contributed by atoms with van der Waals surface area (Å²) in [4.78, 5) is 39.5. The first kappa shape index (κ1) is 18.8. The molecule has 0 aliphatic rings. The molecule has 0 fully saturated rings. The van der Waals surface area contributed by atoms with Gasteiger partial charge in [-0.25, -0.2) is 4.79 Å². The highest BCUT2D eigenvalue weighted by molar-refractivity contribution is 7.99. The maximum Gasteiger partial charge on any atom is 0.328 e. The molecule has 0 saturated heterocycles. The highest BCUT2D eigenvalue weighted by atomic mass is 32.2. The standard InChI is InChI=1S/C18H15F2N3O3S/c1-2-23-16(25)11-8-7-10(9-13(11)22-18(23)26)15(24)21-12-5-3-4-6-14(12)27-17(19)20/h3-9,17H,2H2,1H3,(H,21,24)(H,22,26). The summed E-state index contributed by atoms with van der Waals surface area (Å²) < 4.78 is 26.4. The van der Waals surface area contributed by atoms with Crippen molar-refractivity contribution in [3.63, 3.8) is 0 Å². The van der Waals surface area contributed by atoms with Crippen LogP contribution in [0.15, 0.2) is 56.9 Å². The van der Waals surface area contributed by atoms with Gasteiger partial charge in [0.1, 0.15) is 0 Å². The predicted octanol–water partition coefficient (Wildman–Crippen LogP) is 3.28. The summed E-state index contributed by atoms with van der Waals surface area (Å²) in [7, 11) is 0. The van der Waals surface area contributed by atoms with Crippen molar-refractivity contribution in [3.8, 4) is 0 Å². The van der Waals surface area contributed by atoms with Crippen molar-refractivity contribution in [2.24, 2.45) is 0 Å². The topological polar surface area (TPSA) is 84.0 Å². The van der Waals surface area contributed by atoms with Crippen molar-refractivity contribution in [3.05, 3.63) is 68.9 Å². The Hall–Kier alpha value is -2.94. The molecule has 9 heteroatoms. The van der Waals surface area contributed by atoms with E-state index in [2.05, 4.69) is 10.3 Å². The Labute approximate surface area is 156 Å². The summed E-state index contributed by atoms with van der Waals surface area (Å²) in [6.07, 6.45) is 0. The molecule has 0 atom stereocenters. The lowest BCUT2D eigenvalue weighted by Crippen LogP contribution is -2.34. The number of fused-ring (bicyclic) bond motifs is 1. The third-order valence-electron chi connectivity index (χ3n) is 3.91. The number of nitrogens with zero attached hydrogens (tertiary/aromatic N) is 1. The van der Waals surface area contributed by atoms with E-state index in [4.69, 9.17) is 0 Å². The van der Waals surface area contributed by atoms with Crippen molar-refractivity contribution in [2.45, 2.75) is 24.1 Å². The normalized spacial score (nSPS) is 11.1. The Morgan fingerprint density at radius 2 is 1.96 bits per heavy atom. The predicted molar refractivity (Wildman–Crippen MR) is 101 cm³/mol. The van der Waals surface area contributed by atoms with Gasteiger partial charge in [-0.3, -0.25) is 14.2 Å². The largest absolute Gasteiger partial charge is 0.328 e. The monoisotopic (exact) mass is 391 g/mol. The molecule has 3 aromatic rings. The maximum absolute atomic E-state index is 12.7. The smallest absolute Gasteiger partial charge is 0.321 e. The number of nitrogens with one attached hydrogen (secondary N) is 2. The molecule has 140 valence electrons. The second-order valence-electron chi connectivity index (χ2n) is 5.57. The summed E-state index contributed by atoms with van der Waals surface area (Å²) in [6.45, 7) is 1.91. The minimum absolute atomic E-state index is 0.184. The number of anilines is 1. The van der Waals surface area contributed by atoms with Gasteiger partial charge in [-0.1, -0.05) is 23.9 Å². The van der Waals surface area contributed by atoms with Gasteiger partial charge in [0.25, 0.3) is 17.2 Å². The summed E-state index contributed by atoms with van der Waals surface area (Å²) in [5.74, 6) is -3.16. The van der Waals surface area contributed by atoms with E-state index in [1.165, 1.54) is 30.3 Å². The fourth-order valence-corrected chi connectivity index (χ4v) is 3.24. The third-order valence-corrected chi connectivity index (χ3v) is 4.70. The number of para-hydroxylation sites is 1. The number of aromatic amines is 1. The molecule has 0 saturated carbocycles. The third kappa shape index (κ3) is 3.92. The second kappa shape index (κ2) is 7.75. The Morgan fingerprint density at radius 3 is 2.67 bits per heavy atom. The SMILES string of the molecule is CCn1c(=O)[nH]c2cc(C(=O)Nc3ccccc3SC(F)F)ccc2c1=O. The molecule has 0 aliphatic carbocycles. The molecule has 1 heterocycles. The van der Waals surface area contributed by atoms with E-state index < -0.39 is 22.9 Å². The molecule has 0 bridgehead atoms. The molecule has 0 unspecified atom stereocenters. The van der Waals surface area contributed by atoms with Gasteiger partial charge < -0.3 is 10.3 Å². The first-order valence-electron chi connectivity index (χ1n) is 8.02. The summed E-state index contributed by atoms with van der Waals surface area (Å²) >= 11 is 0.333. The molecular weight excluding hydrogens is 376 g/mol. The molecule has 2 aromatic carbocycles. The van der Waals surface area contributed by atoms with Crippen LogP contribution in [0.2, 0.25) is 0 Å². The number of H-pyrrole nitrogens is 1. The van der Waals surface area contributed by atoms with Gasteiger partial charge in [0.05, 0.1) is 16.6 Å². The zero-order valence-electron chi connectivity index (χ0n) is 14.2. The lowest BCUT2D eigenvalue weighted by molar-refractivity contribution is 0.102. The van der Waals surface area contributed by atoms with E-state index in [9.17, 15) is 23.2 Å². The Morgan fingerprint density at radius 1 is 1.22 bits per heavy atom. The number of carbonyl (C=O) groups is 1. The number of thioether (sulfide) groups is 1. The molecule has 27 heavy (non-hydrogen) atoms. The van der Waals surface area contributed by atoms with Gasteiger partial charge in [0.15, 0.2) is 0 Å². The Kier molecular flexibility index (Phi) is 5.41. The first-order valence-corrected chi connectivity index (χ1v) is 8.90. The minimum atomic E-state index is -2.62. The molecule has 3 rings (SSSR count). The number of alkyl halides is 2. The molecule has 2 N–H and O–H groups in total. The Bertz CT molecular complexity index is 1120. The number of hydrogen-bond donors (Lipinski definition) is 2. The average molecular weight is 391 g/mol. The number of rotatable bonds is 5. The average Bonchev–Trinajstić information content (AvgIpc) is 2.62. The number of carbonyl (C=O) groups excluding carboxylic acids is 1. The fourth-order valence-electron chi connectivity index (χ4n) is 2.65. The van der Waals surface area contributed by atoms with E-state index >= 15 is 0 Å². The Balaban J connectivity index is 1.96. The quantitative estimate of drug-likeness (QED) is 0.654. The van der Waals surface area contributed by atoms with Gasteiger partial charge in [0.2, 0.25) is 0 Å². The minimum Gasteiger partial charge on any atom is -0.321 e. The van der Waals surface area contributed by atoms with Crippen molar-refractivity contribution in [2.75, 3.05) is 5.32 Å². The van der Waals surface area contributed by atoms with Crippen LogP contribution in [0.3, 0.4) is 0 Å². The summed E-state index contributed by atoms with van der Waals surface area (Å²) in [5, 5.41) is 2.86. The molecule has 1 amide bonds. The van der Waals surface area contributed by atoms with Gasteiger partial charge in [-0.15, -0.1) is 0 Å². The number of amides is 1. The highest BCUT2D eigenvalue weighted by Crippen LogP contribution is 2.31. The molecule has 1 aromatic heterocycles. The molecule has 0 spiro atoms. The van der Waals surface area contributed by atoms with Gasteiger partial charge in [-0.2, -0.15) is 8.78 Å². The van der Waals surface area contributed by atoms with Crippen LogP contribution in [0.25, 0.3) is 10.9 Å². The molecule has 0 radical (unpaired) electrons. The van der Waals surface area contributed by atoms with Gasteiger partial charge in [0, 0.05) is 17.0 Å². The lowest BCUT2D eigenvalue weighted by Gasteiger charge is -2.11. The van der Waals surface area contributed by atoms with Crippen molar-refractivity contribution >= 4 is 34.3 Å². The number of aromatic nitrogens is 2. The van der Waals surface area contributed by atoms with E-state index in [-0.39, 0.29) is 33.6 Å². The zero-order valence-corrected chi connectivity index (χ0v) is 15.0. The fraction of sp³-hybridized carbons (Fsp3) is 0.167. The first-order chi connectivity index (χ1) is 12.9. The van der Waals surface area contributed by atoms with Crippen molar-refractivity contribution < 1.29 is 13.6 Å². The summed E-state index contributed by atoms with van der Waals surface area (Å²) in [6, 6.07) is 10.5. The van der Waals surface area contributed by atoms with Gasteiger partial charge >= 0.3 is 5.69 Å². The van der Waals surface area contributed by atoms with Crippen LogP contribution in [0, 0.1) is 0 Å². The summed E-state index contributed by atoms with van der Waals surface area (Å²) in [5.41, 5.74) is -0.336. The number of benzene rings is 2. The van der Waals surface area contributed by atoms with Crippen molar-refractivity contribution in [1.82, 2.24) is 9.55 Å².